The zero-order chi connectivity index (χ0) is 7.68. The van der Waals surface area contributed by atoms with Gasteiger partial charge in [-0.1, -0.05) is 6.08 Å². The molecule has 0 saturated heterocycles. The Morgan fingerprint density at radius 3 is 2.91 bits per heavy atom. The van der Waals surface area contributed by atoms with Gasteiger partial charge in [-0.2, -0.15) is 0 Å². The van der Waals surface area contributed by atoms with E-state index in [2.05, 4.69) is 18.3 Å². The lowest BCUT2D eigenvalue weighted by Crippen LogP contribution is -2.22. The second-order valence-corrected chi connectivity index (χ2v) is 3.43. The Labute approximate surface area is 68.2 Å². The molecule has 0 saturated carbocycles. The Balaban J connectivity index is 2.29. The fourth-order valence-electron chi connectivity index (χ4n) is 1.99. The van der Waals surface area contributed by atoms with Crippen LogP contribution in [0.15, 0.2) is 22.9 Å². The van der Waals surface area contributed by atoms with Crippen molar-refractivity contribution in [3.05, 3.63) is 22.9 Å². The van der Waals surface area contributed by atoms with Crippen LogP contribution in [-0.4, -0.2) is 6.54 Å². The minimum absolute atomic E-state index is 1.05. The van der Waals surface area contributed by atoms with E-state index in [1.807, 2.05) is 0 Å². The molecule has 1 heteroatoms. The van der Waals surface area contributed by atoms with E-state index in [1.165, 1.54) is 37.0 Å². The average molecular weight is 149 g/mol. The molecule has 0 bridgehead atoms. The molecule has 0 radical (unpaired) electrons. The summed E-state index contributed by atoms with van der Waals surface area (Å²) in [5, 5.41) is 3.45. The molecule has 0 fully saturated rings. The van der Waals surface area contributed by atoms with E-state index in [0.29, 0.717) is 0 Å². The summed E-state index contributed by atoms with van der Waals surface area (Å²) in [5.74, 6) is 0. The maximum atomic E-state index is 3.45. The molecule has 0 spiro atoms. The van der Waals surface area contributed by atoms with Crippen LogP contribution in [0.1, 0.15) is 32.6 Å². The van der Waals surface area contributed by atoms with E-state index in [0.717, 1.165) is 6.54 Å². The van der Waals surface area contributed by atoms with Gasteiger partial charge in [0.05, 0.1) is 0 Å². The Bertz CT molecular complexity index is 223. The van der Waals surface area contributed by atoms with Crippen molar-refractivity contribution in [1.29, 1.82) is 0 Å². The molecule has 1 heterocycles. The fraction of sp³-hybridized carbons (Fsp3) is 0.600. The minimum Gasteiger partial charge on any atom is -0.385 e. The highest BCUT2D eigenvalue weighted by Gasteiger charge is 2.15. The van der Waals surface area contributed by atoms with E-state index in [1.54, 1.807) is 5.57 Å². The summed E-state index contributed by atoms with van der Waals surface area (Å²) in [6.45, 7) is 3.28. The van der Waals surface area contributed by atoms with Crippen LogP contribution in [-0.2, 0) is 0 Å². The molecular formula is C10H15N. The van der Waals surface area contributed by atoms with Crippen LogP contribution < -0.4 is 5.32 Å². The summed E-state index contributed by atoms with van der Waals surface area (Å²) in [6.07, 6.45) is 7.63. The Kier molecular flexibility index (Phi) is 1.72. The number of hydrogen-bond donors (Lipinski definition) is 1. The molecule has 60 valence electrons. The van der Waals surface area contributed by atoms with Gasteiger partial charge in [-0.05, 0) is 43.8 Å². The van der Waals surface area contributed by atoms with Crippen LogP contribution in [0, 0.1) is 0 Å². The molecule has 1 aliphatic carbocycles. The molecule has 1 aliphatic heterocycles. The van der Waals surface area contributed by atoms with Gasteiger partial charge in [-0.25, -0.2) is 0 Å². The summed E-state index contributed by atoms with van der Waals surface area (Å²) >= 11 is 0. The van der Waals surface area contributed by atoms with Gasteiger partial charge in [0.25, 0.3) is 0 Å². The topological polar surface area (TPSA) is 12.0 Å². The monoisotopic (exact) mass is 149 g/mol. The van der Waals surface area contributed by atoms with E-state index >= 15 is 0 Å². The quantitative estimate of drug-likeness (QED) is 0.557. The molecule has 0 unspecified atom stereocenters. The largest absolute Gasteiger partial charge is 0.385 e. The molecule has 2 aliphatic rings. The van der Waals surface area contributed by atoms with E-state index < -0.39 is 0 Å². The minimum atomic E-state index is 1.05. The molecular weight excluding hydrogens is 134 g/mol. The molecule has 2 rings (SSSR count). The number of hydrogen-bond acceptors (Lipinski definition) is 1. The van der Waals surface area contributed by atoms with Gasteiger partial charge < -0.3 is 5.32 Å². The lowest BCUT2D eigenvalue weighted by atomic mass is 9.89. The Hall–Kier alpha value is -0.720. The van der Waals surface area contributed by atoms with Gasteiger partial charge in [0.15, 0.2) is 0 Å². The second kappa shape index (κ2) is 2.72. The number of allylic oxidation sites excluding steroid dienone is 3. The number of nitrogens with one attached hydrogen (secondary N) is 1. The van der Waals surface area contributed by atoms with Crippen molar-refractivity contribution in [1.82, 2.24) is 5.32 Å². The number of rotatable bonds is 0. The molecule has 1 nitrogen and oxygen atoms in total. The predicted octanol–water partition coefficient (Wildman–Crippen LogP) is 2.36. The summed E-state index contributed by atoms with van der Waals surface area (Å²) in [7, 11) is 0. The zero-order valence-electron chi connectivity index (χ0n) is 7.11. The number of dihydropyridines is 1. The highest BCUT2D eigenvalue weighted by molar-refractivity contribution is 5.37. The van der Waals surface area contributed by atoms with Crippen LogP contribution in [0.3, 0.4) is 0 Å². The lowest BCUT2D eigenvalue weighted by molar-refractivity contribution is 0.623. The highest BCUT2D eigenvalue weighted by Crippen LogP contribution is 2.29. The Morgan fingerprint density at radius 2 is 2.09 bits per heavy atom. The maximum absolute atomic E-state index is 3.45. The van der Waals surface area contributed by atoms with Crippen LogP contribution in [0.25, 0.3) is 0 Å². The third-order valence-electron chi connectivity index (χ3n) is 2.67. The first-order chi connectivity index (χ1) is 5.38. The van der Waals surface area contributed by atoms with Crippen molar-refractivity contribution in [2.75, 3.05) is 6.54 Å². The standard InChI is InChI=1S/C10H15N/c1-8-6-7-11-10-5-3-2-4-9(8)10/h6,11H,2-5,7H2,1H3. The molecule has 0 atom stereocenters. The van der Waals surface area contributed by atoms with Crippen LogP contribution in [0.2, 0.25) is 0 Å². The van der Waals surface area contributed by atoms with Crippen LogP contribution >= 0.6 is 0 Å². The first-order valence-electron chi connectivity index (χ1n) is 4.51. The van der Waals surface area contributed by atoms with E-state index in [-0.39, 0.29) is 0 Å². The van der Waals surface area contributed by atoms with E-state index in [4.69, 9.17) is 0 Å². The van der Waals surface area contributed by atoms with Crippen molar-refractivity contribution in [2.24, 2.45) is 0 Å². The summed E-state index contributed by atoms with van der Waals surface area (Å²) in [5.41, 5.74) is 4.64. The smallest absolute Gasteiger partial charge is 0.0333 e. The molecule has 0 aromatic rings. The fourth-order valence-corrected chi connectivity index (χ4v) is 1.99. The lowest BCUT2D eigenvalue weighted by Gasteiger charge is -2.25. The van der Waals surface area contributed by atoms with Gasteiger partial charge >= 0.3 is 0 Å². The molecule has 0 aromatic heterocycles. The van der Waals surface area contributed by atoms with Gasteiger partial charge in [0.2, 0.25) is 0 Å². The van der Waals surface area contributed by atoms with Crippen molar-refractivity contribution >= 4 is 0 Å². The van der Waals surface area contributed by atoms with E-state index in [9.17, 15) is 0 Å². The first-order valence-corrected chi connectivity index (χ1v) is 4.51. The average Bonchev–Trinajstić information content (AvgIpc) is 2.06. The predicted molar refractivity (Wildman–Crippen MR) is 47.3 cm³/mol. The first kappa shape index (κ1) is 6.96. The maximum Gasteiger partial charge on any atom is 0.0333 e. The Morgan fingerprint density at radius 1 is 1.27 bits per heavy atom. The van der Waals surface area contributed by atoms with Crippen LogP contribution in [0.4, 0.5) is 0 Å². The molecule has 1 N–H and O–H groups in total. The van der Waals surface area contributed by atoms with Gasteiger partial charge in [0, 0.05) is 12.2 Å². The van der Waals surface area contributed by atoms with Crippen molar-refractivity contribution in [2.45, 2.75) is 32.6 Å². The summed E-state index contributed by atoms with van der Waals surface area (Å²) in [4.78, 5) is 0. The third-order valence-corrected chi connectivity index (χ3v) is 2.67. The third kappa shape index (κ3) is 1.20. The van der Waals surface area contributed by atoms with Crippen LogP contribution in [0.5, 0.6) is 0 Å². The van der Waals surface area contributed by atoms with Gasteiger partial charge in [-0.15, -0.1) is 0 Å². The summed E-state index contributed by atoms with van der Waals surface area (Å²) in [6, 6.07) is 0. The second-order valence-electron chi connectivity index (χ2n) is 3.43. The highest BCUT2D eigenvalue weighted by atomic mass is 14.9. The zero-order valence-corrected chi connectivity index (χ0v) is 7.11. The SMILES string of the molecule is CC1=CCNC2=C1CCCC2. The molecule has 11 heavy (non-hydrogen) atoms. The summed E-state index contributed by atoms with van der Waals surface area (Å²) < 4.78 is 0. The van der Waals surface area contributed by atoms with Crippen molar-refractivity contribution < 1.29 is 0 Å². The normalized spacial score (nSPS) is 23.9. The molecule has 0 aromatic carbocycles. The van der Waals surface area contributed by atoms with Gasteiger partial charge in [-0.3, -0.25) is 0 Å². The van der Waals surface area contributed by atoms with Crippen molar-refractivity contribution in [3.63, 3.8) is 0 Å². The van der Waals surface area contributed by atoms with Crippen molar-refractivity contribution in [3.8, 4) is 0 Å². The molecule has 0 amide bonds. The van der Waals surface area contributed by atoms with Gasteiger partial charge in [0.1, 0.15) is 0 Å².